The number of para-hydroxylation sites is 1. The van der Waals surface area contributed by atoms with Crippen molar-refractivity contribution >= 4 is 37.1 Å². The summed E-state index contributed by atoms with van der Waals surface area (Å²) < 4.78 is 25.6. The molecule has 1 aliphatic rings. The van der Waals surface area contributed by atoms with Crippen LogP contribution in [0.1, 0.15) is 61.4 Å². The van der Waals surface area contributed by atoms with Crippen LogP contribution in [-0.4, -0.2) is 22.3 Å². The van der Waals surface area contributed by atoms with Crippen LogP contribution < -0.4 is 5.32 Å². The van der Waals surface area contributed by atoms with E-state index in [0.29, 0.717) is 5.92 Å². The molecule has 1 aliphatic carbocycles. The van der Waals surface area contributed by atoms with Gasteiger partial charge >= 0.3 is 0 Å². The fourth-order valence-corrected chi connectivity index (χ4v) is 5.47. The summed E-state index contributed by atoms with van der Waals surface area (Å²) in [5.74, 6) is -0.490. The molecule has 1 saturated carbocycles. The lowest BCUT2D eigenvalue weighted by atomic mass is 9.92. The molecule has 1 heterocycles. The number of aromatic nitrogens is 1. The maximum absolute atomic E-state index is 13.8. The van der Waals surface area contributed by atoms with Gasteiger partial charge in [0.25, 0.3) is 0 Å². The molecule has 7 heteroatoms. The first-order valence-corrected chi connectivity index (χ1v) is 14.4. The van der Waals surface area contributed by atoms with E-state index in [4.69, 9.17) is 4.98 Å². The summed E-state index contributed by atoms with van der Waals surface area (Å²) >= 11 is 0. The van der Waals surface area contributed by atoms with Crippen LogP contribution in [0.4, 0.5) is 4.39 Å². The Morgan fingerprint density at radius 3 is 2.40 bits per heavy atom. The Labute approximate surface area is 234 Å². The highest BCUT2D eigenvalue weighted by Gasteiger charge is 2.29. The van der Waals surface area contributed by atoms with Gasteiger partial charge in [-0.05, 0) is 61.2 Å². The highest BCUT2D eigenvalue weighted by atomic mass is 31.1. The van der Waals surface area contributed by atoms with E-state index in [1.165, 1.54) is 18.2 Å². The van der Waals surface area contributed by atoms with Crippen molar-refractivity contribution in [1.82, 2.24) is 10.3 Å². The number of benzene rings is 3. The molecule has 40 heavy (non-hydrogen) atoms. The predicted octanol–water partition coefficient (Wildman–Crippen LogP) is 7.82. The van der Waals surface area contributed by atoms with Crippen molar-refractivity contribution in [3.63, 3.8) is 0 Å². The molecule has 1 fully saturated rings. The third-order valence-corrected chi connectivity index (χ3v) is 7.84. The maximum atomic E-state index is 13.8. The zero-order chi connectivity index (χ0) is 28.1. The Morgan fingerprint density at radius 2 is 1.70 bits per heavy atom. The molecule has 0 bridgehead atoms. The normalized spacial score (nSPS) is 14.8. The molecule has 0 unspecified atom stereocenters. The lowest BCUT2D eigenvalue weighted by molar-refractivity contribution is -0.121. The van der Waals surface area contributed by atoms with Gasteiger partial charge in [0.15, 0.2) is 14.2 Å². The Balaban J connectivity index is 1.37. The van der Waals surface area contributed by atoms with Crippen LogP contribution >= 0.6 is 8.46 Å². The summed E-state index contributed by atoms with van der Waals surface area (Å²) in [4.78, 5) is 30.6. The molecule has 0 radical (unpaired) electrons. The quantitative estimate of drug-likeness (QED) is 0.152. The van der Waals surface area contributed by atoms with Crippen molar-refractivity contribution in [2.45, 2.75) is 50.2 Å². The average molecular weight is 553 g/mol. The van der Waals surface area contributed by atoms with E-state index >= 15 is 0 Å². The number of nitrogens with zero attached hydrogens (tertiary/aromatic N) is 1. The van der Waals surface area contributed by atoms with Crippen molar-refractivity contribution < 1.29 is 18.5 Å². The van der Waals surface area contributed by atoms with Gasteiger partial charge in [-0.2, -0.15) is 0 Å². The molecule has 4 aromatic rings. The number of hydrogen-bond donors (Lipinski definition) is 1. The smallest absolute Gasteiger partial charge is 0.221 e. The summed E-state index contributed by atoms with van der Waals surface area (Å²) in [5, 5.41) is 3.84. The van der Waals surface area contributed by atoms with E-state index in [9.17, 15) is 18.5 Å². The number of allylic oxidation sites excluding steroid dienone is 1. The van der Waals surface area contributed by atoms with Crippen molar-refractivity contribution in [3.8, 4) is 11.1 Å². The van der Waals surface area contributed by atoms with Gasteiger partial charge in [-0.3, -0.25) is 19.1 Å². The van der Waals surface area contributed by atoms with Gasteiger partial charge in [-0.15, -0.1) is 0 Å². The summed E-state index contributed by atoms with van der Waals surface area (Å²) in [7, 11) is -0.251. The van der Waals surface area contributed by atoms with Crippen LogP contribution in [0.3, 0.4) is 0 Å². The number of hydrogen-bond acceptors (Lipinski definition) is 4. The third kappa shape index (κ3) is 6.57. The second kappa shape index (κ2) is 12.4. The second-order valence-electron chi connectivity index (χ2n) is 10.3. The maximum Gasteiger partial charge on any atom is 0.221 e. The molecule has 2 atom stereocenters. The topological polar surface area (TPSA) is 76.1 Å². The molecule has 5 rings (SSSR count). The lowest BCUT2D eigenvalue weighted by Crippen LogP contribution is -2.29. The molecule has 0 saturated heterocycles. The molecule has 202 valence electrons. The average Bonchev–Trinajstić information content (AvgIpc) is 3.81. The summed E-state index contributed by atoms with van der Waals surface area (Å²) in [5.41, 5.74) is 4.71. The van der Waals surface area contributed by atoms with E-state index in [1.54, 1.807) is 18.2 Å². The van der Waals surface area contributed by atoms with Crippen molar-refractivity contribution in [1.29, 1.82) is 0 Å². The van der Waals surface area contributed by atoms with Crippen LogP contribution in [0, 0.1) is 5.82 Å². The van der Waals surface area contributed by atoms with Gasteiger partial charge < -0.3 is 5.32 Å². The van der Waals surface area contributed by atoms with Gasteiger partial charge in [-0.25, -0.2) is 4.39 Å². The molecule has 1 aromatic heterocycles. The lowest BCUT2D eigenvalue weighted by Gasteiger charge is -2.16. The van der Waals surface area contributed by atoms with Gasteiger partial charge in [0, 0.05) is 35.3 Å². The molecule has 1 amide bonds. The summed E-state index contributed by atoms with van der Waals surface area (Å²) in [6, 6.07) is 23.6. The van der Waals surface area contributed by atoms with Gasteiger partial charge in [0.2, 0.25) is 5.91 Å². The highest BCUT2D eigenvalue weighted by molar-refractivity contribution is 7.24. The third-order valence-electron chi connectivity index (χ3n) is 7.18. The number of fused-ring (bicyclic) bond motifs is 1. The predicted molar refractivity (Wildman–Crippen MR) is 157 cm³/mol. The largest absolute Gasteiger partial charge is 0.350 e. The zero-order valence-corrected chi connectivity index (χ0v) is 23.1. The number of carbonyl (C=O) groups excluding carboxylic acids is 2. The van der Waals surface area contributed by atoms with Crippen LogP contribution in [0.2, 0.25) is 0 Å². The first kappa shape index (κ1) is 27.5. The molecule has 5 nitrogen and oxygen atoms in total. The second-order valence-corrected chi connectivity index (χ2v) is 11.2. The van der Waals surface area contributed by atoms with E-state index in [-0.39, 0.29) is 44.9 Å². The van der Waals surface area contributed by atoms with E-state index in [1.807, 2.05) is 61.5 Å². The van der Waals surface area contributed by atoms with Crippen LogP contribution in [0.5, 0.6) is 0 Å². The highest BCUT2D eigenvalue weighted by Crippen LogP contribution is 2.45. The van der Waals surface area contributed by atoms with Gasteiger partial charge in [0.05, 0.1) is 22.9 Å². The van der Waals surface area contributed by atoms with Gasteiger partial charge in [0.1, 0.15) is 5.82 Å². The standard InChI is InChI=1S/C33H30FN2O3P/c1-21(22-7-3-2-4-8-22)35-31(38)20-27(40-39)19-26(37)17-18-29-32(23-13-15-25(34)16-14-23)28-9-5-6-10-30(28)36-33(29)24-11-12-24/h2-10,13-18,21,24,27H,11-12,19-20H2,1H3,(H,35,38)/t21-,27+/m0/s1. The molecular formula is C33H30FN2O3P. The first-order valence-electron chi connectivity index (χ1n) is 13.5. The van der Waals surface area contributed by atoms with E-state index in [2.05, 4.69) is 5.32 Å². The fraction of sp³-hybridized carbons (Fsp3) is 0.242. The Morgan fingerprint density at radius 1 is 1.00 bits per heavy atom. The fourth-order valence-electron chi connectivity index (χ4n) is 4.97. The summed E-state index contributed by atoms with van der Waals surface area (Å²) in [6.45, 7) is 1.89. The minimum Gasteiger partial charge on any atom is -0.350 e. The number of pyridine rings is 1. The molecule has 0 spiro atoms. The number of ketones is 1. The Bertz CT molecular complexity index is 1570. The Hall–Kier alpha value is -4.02. The van der Waals surface area contributed by atoms with Crippen LogP contribution in [0.15, 0.2) is 84.9 Å². The molecular weight excluding hydrogens is 522 g/mol. The number of amides is 1. The SMILES string of the molecule is C[C@H](NC(=O)C[C@@H](CC(=O)C=Cc1c(C2CC2)nc2ccccc2c1-c1ccc(F)cc1)P=O)c1ccccc1. The Kier molecular flexibility index (Phi) is 8.57. The number of halogens is 1. The van der Waals surface area contributed by atoms with Crippen LogP contribution in [0.25, 0.3) is 28.1 Å². The van der Waals surface area contributed by atoms with Crippen molar-refractivity contribution in [2.75, 3.05) is 0 Å². The van der Waals surface area contributed by atoms with Crippen molar-refractivity contribution in [2.24, 2.45) is 0 Å². The monoisotopic (exact) mass is 552 g/mol. The zero-order valence-electron chi connectivity index (χ0n) is 22.2. The van der Waals surface area contributed by atoms with Crippen molar-refractivity contribution in [3.05, 3.63) is 108 Å². The first-order chi connectivity index (χ1) is 19.4. The summed E-state index contributed by atoms with van der Waals surface area (Å²) in [6.07, 6.45) is 5.28. The molecule has 1 N–H and O–H groups in total. The minimum atomic E-state index is -0.630. The van der Waals surface area contributed by atoms with E-state index < -0.39 is 5.66 Å². The number of nitrogens with one attached hydrogen (secondary N) is 1. The minimum absolute atomic E-state index is 0.0203. The van der Waals surface area contributed by atoms with Gasteiger partial charge in [-0.1, -0.05) is 60.7 Å². The van der Waals surface area contributed by atoms with E-state index in [0.717, 1.165) is 51.7 Å². The number of rotatable bonds is 11. The number of carbonyl (C=O) groups is 2. The van der Waals surface area contributed by atoms with Crippen LogP contribution in [-0.2, 0) is 14.2 Å². The molecule has 0 aliphatic heterocycles. The molecule has 3 aromatic carbocycles.